The van der Waals surface area contributed by atoms with Gasteiger partial charge in [-0.15, -0.1) is 0 Å². The highest BCUT2D eigenvalue weighted by Gasteiger charge is 2.29. The van der Waals surface area contributed by atoms with Gasteiger partial charge in [0.2, 0.25) is 5.71 Å². The van der Waals surface area contributed by atoms with Crippen molar-refractivity contribution in [2.75, 3.05) is 0 Å². The fraction of sp³-hybridized carbons (Fsp3) is 0.308. The molecule has 0 saturated heterocycles. The molecule has 0 saturated carbocycles. The highest BCUT2D eigenvalue weighted by Crippen LogP contribution is 2.18. The lowest BCUT2D eigenvalue weighted by molar-refractivity contribution is -0.129. The Bertz CT molecular complexity index is 556. The second-order valence-corrected chi connectivity index (χ2v) is 6.70. The summed E-state index contributed by atoms with van der Waals surface area (Å²) in [5, 5.41) is 18.0. The van der Waals surface area contributed by atoms with Crippen LogP contribution in [0.15, 0.2) is 28.7 Å². The van der Waals surface area contributed by atoms with Crippen LogP contribution in [0.4, 0.5) is 0 Å². The molecule has 1 atom stereocenters. The molecule has 5 nitrogen and oxygen atoms in total. The lowest BCUT2D eigenvalue weighted by Gasteiger charge is -2.18. The lowest BCUT2D eigenvalue weighted by atomic mass is 10.1. The number of aliphatic carboxylic acids is 1. The second kappa shape index (κ2) is 5.87. The minimum absolute atomic E-state index is 0.268. The summed E-state index contributed by atoms with van der Waals surface area (Å²) in [6, 6.07) is 7.97. The zero-order valence-electron chi connectivity index (χ0n) is 10.9. The van der Waals surface area contributed by atoms with E-state index in [4.69, 9.17) is 10.4 Å². The molecule has 19 heavy (non-hydrogen) atoms. The third-order valence-electron chi connectivity index (χ3n) is 2.17. The SMILES string of the molecule is CC(C)(C)[S+]([O-])N=C(C(=O)O)c1cccc(C#N)c1. The molecule has 0 aliphatic heterocycles. The molecule has 0 spiro atoms. The van der Waals surface area contributed by atoms with Crippen LogP contribution in [-0.4, -0.2) is 26.1 Å². The van der Waals surface area contributed by atoms with Crippen LogP contribution in [-0.2, 0) is 16.2 Å². The van der Waals surface area contributed by atoms with Crippen molar-refractivity contribution in [2.45, 2.75) is 25.5 Å². The largest absolute Gasteiger partial charge is 0.591 e. The fourth-order valence-corrected chi connectivity index (χ4v) is 1.79. The van der Waals surface area contributed by atoms with E-state index < -0.39 is 22.1 Å². The van der Waals surface area contributed by atoms with Crippen molar-refractivity contribution in [1.29, 1.82) is 5.26 Å². The monoisotopic (exact) mass is 278 g/mol. The van der Waals surface area contributed by atoms with Crippen molar-refractivity contribution < 1.29 is 14.5 Å². The Morgan fingerprint density at radius 1 is 1.47 bits per heavy atom. The second-order valence-electron chi connectivity index (χ2n) is 4.80. The van der Waals surface area contributed by atoms with Crippen LogP contribution in [0.1, 0.15) is 31.9 Å². The molecule has 0 aromatic heterocycles. The Hall–Kier alpha value is -1.84. The number of rotatable bonds is 3. The molecule has 1 rings (SSSR count). The summed E-state index contributed by atoms with van der Waals surface area (Å²) >= 11 is -1.67. The van der Waals surface area contributed by atoms with Gasteiger partial charge in [-0.25, -0.2) is 4.79 Å². The van der Waals surface area contributed by atoms with E-state index in [1.165, 1.54) is 12.1 Å². The Morgan fingerprint density at radius 2 is 2.11 bits per heavy atom. The van der Waals surface area contributed by atoms with E-state index in [9.17, 15) is 9.35 Å². The zero-order chi connectivity index (χ0) is 14.6. The molecule has 0 fully saturated rings. The van der Waals surface area contributed by atoms with Gasteiger partial charge in [0.05, 0.1) is 11.6 Å². The van der Waals surface area contributed by atoms with Crippen molar-refractivity contribution in [3.63, 3.8) is 0 Å². The van der Waals surface area contributed by atoms with Gasteiger partial charge in [-0.05, 0) is 32.9 Å². The van der Waals surface area contributed by atoms with E-state index in [1.807, 2.05) is 6.07 Å². The molecule has 0 radical (unpaired) electrons. The summed E-state index contributed by atoms with van der Waals surface area (Å²) in [6.45, 7) is 5.12. The number of nitriles is 1. The first-order chi connectivity index (χ1) is 8.75. The maximum atomic E-state index is 11.9. The average molecular weight is 278 g/mol. The van der Waals surface area contributed by atoms with Gasteiger partial charge in [0.25, 0.3) is 0 Å². The number of nitrogens with zero attached hydrogens (tertiary/aromatic N) is 2. The van der Waals surface area contributed by atoms with Gasteiger partial charge in [0.1, 0.15) is 16.1 Å². The summed E-state index contributed by atoms with van der Waals surface area (Å²) in [5.41, 5.74) is 0.294. The molecule has 0 bridgehead atoms. The predicted molar refractivity (Wildman–Crippen MR) is 73.2 cm³/mol. The number of carboxylic acid groups (broad SMARTS) is 1. The first-order valence-electron chi connectivity index (χ1n) is 5.50. The molecule has 0 aliphatic carbocycles. The number of carbonyl (C=O) groups is 1. The Morgan fingerprint density at radius 3 is 2.58 bits per heavy atom. The zero-order valence-corrected chi connectivity index (χ0v) is 11.7. The summed E-state index contributed by atoms with van der Waals surface area (Å²) in [5.74, 6) is -1.27. The van der Waals surface area contributed by atoms with Gasteiger partial charge in [0, 0.05) is 5.56 Å². The van der Waals surface area contributed by atoms with Crippen molar-refractivity contribution >= 4 is 23.0 Å². The molecule has 1 unspecified atom stereocenters. The summed E-state index contributed by atoms with van der Waals surface area (Å²) in [7, 11) is 0. The van der Waals surface area contributed by atoms with Crippen molar-refractivity contribution in [3.05, 3.63) is 35.4 Å². The van der Waals surface area contributed by atoms with Gasteiger partial charge in [-0.1, -0.05) is 16.5 Å². The summed E-state index contributed by atoms with van der Waals surface area (Å²) in [6.07, 6.45) is 0. The Balaban J connectivity index is 3.26. The standard InChI is InChI=1S/C13H14N2O3S/c1-13(2,3)19(18)15-11(12(16)17)10-6-4-5-9(7-10)8-14/h4-7H,1-3H3,(H,16,17). The molecule has 100 valence electrons. The number of benzene rings is 1. The Labute approximate surface area is 114 Å². The first-order valence-corrected chi connectivity index (χ1v) is 6.61. The van der Waals surface area contributed by atoms with E-state index in [1.54, 1.807) is 32.9 Å². The van der Waals surface area contributed by atoms with E-state index >= 15 is 0 Å². The van der Waals surface area contributed by atoms with Crippen LogP contribution in [0.5, 0.6) is 0 Å². The van der Waals surface area contributed by atoms with Gasteiger partial charge >= 0.3 is 5.97 Å². The fourth-order valence-electron chi connectivity index (χ4n) is 1.17. The molecule has 6 heteroatoms. The summed E-state index contributed by atoms with van der Waals surface area (Å²) < 4.78 is 15.0. The van der Waals surface area contributed by atoms with Crippen LogP contribution in [0.2, 0.25) is 0 Å². The Kier molecular flexibility index (Phi) is 4.70. The predicted octanol–water partition coefficient (Wildman–Crippen LogP) is 1.89. The smallest absolute Gasteiger partial charge is 0.359 e. The molecule has 1 aromatic carbocycles. The van der Waals surface area contributed by atoms with Crippen LogP contribution >= 0.6 is 0 Å². The van der Waals surface area contributed by atoms with E-state index in [-0.39, 0.29) is 11.3 Å². The van der Waals surface area contributed by atoms with E-state index in [0.717, 1.165) is 0 Å². The first kappa shape index (κ1) is 15.2. The van der Waals surface area contributed by atoms with E-state index in [0.29, 0.717) is 5.56 Å². The average Bonchev–Trinajstić information content (AvgIpc) is 2.34. The topological polar surface area (TPSA) is 96.5 Å². The third kappa shape index (κ3) is 4.09. The van der Waals surface area contributed by atoms with Gasteiger partial charge in [-0.3, -0.25) is 0 Å². The van der Waals surface area contributed by atoms with Crippen molar-refractivity contribution in [1.82, 2.24) is 0 Å². The van der Waals surface area contributed by atoms with Crippen LogP contribution in [0.3, 0.4) is 0 Å². The van der Waals surface area contributed by atoms with Gasteiger partial charge in [-0.2, -0.15) is 5.26 Å². The molecular weight excluding hydrogens is 264 g/mol. The van der Waals surface area contributed by atoms with Crippen LogP contribution in [0, 0.1) is 11.3 Å². The van der Waals surface area contributed by atoms with E-state index in [2.05, 4.69) is 4.40 Å². The van der Waals surface area contributed by atoms with Gasteiger partial charge in [0.15, 0.2) is 0 Å². The highest BCUT2D eigenvalue weighted by atomic mass is 32.2. The molecule has 0 aliphatic rings. The van der Waals surface area contributed by atoms with Crippen molar-refractivity contribution in [2.24, 2.45) is 4.40 Å². The maximum Gasteiger partial charge on any atom is 0.359 e. The minimum atomic E-state index is -1.67. The van der Waals surface area contributed by atoms with Crippen LogP contribution in [0.25, 0.3) is 0 Å². The van der Waals surface area contributed by atoms with Crippen LogP contribution < -0.4 is 0 Å². The third-order valence-corrected chi connectivity index (χ3v) is 3.56. The minimum Gasteiger partial charge on any atom is -0.591 e. The number of hydrogen-bond donors (Lipinski definition) is 1. The normalized spacial score (nSPS) is 13.7. The molecular formula is C13H14N2O3S. The maximum absolute atomic E-state index is 11.9. The molecule has 0 amide bonds. The number of carboxylic acids is 1. The highest BCUT2D eigenvalue weighted by molar-refractivity contribution is 7.91. The molecule has 1 N–H and O–H groups in total. The molecule has 0 heterocycles. The van der Waals surface area contributed by atoms with Gasteiger partial charge < -0.3 is 9.66 Å². The van der Waals surface area contributed by atoms with Crippen molar-refractivity contribution in [3.8, 4) is 6.07 Å². The number of hydrogen-bond acceptors (Lipinski definition) is 4. The quantitative estimate of drug-likeness (QED) is 0.674. The summed E-state index contributed by atoms with van der Waals surface area (Å²) in [4.78, 5) is 11.2. The molecule has 1 aromatic rings. The lowest BCUT2D eigenvalue weighted by Crippen LogP contribution is -2.28.